The predicted octanol–water partition coefficient (Wildman–Crippen LogP) is 4.50. The SMILES string of the molecule is CC(C)OC(=O)C(CCC1CCCC1)(C(=O)OC(C)C)C(C)C. The zero-order chi connectivity index (χ0) is 17.6. The second kappa shape index (κ2) is 8.70. The van der Waals surface area contributed by atoms with Gasteiger partial charge >= 0.3 is 11.9 Å². The molecule has 0 radical (unpaired) electrons. The highest BCUT2D eigenvalue weighted by Crippen LogP contribution is 2.40. The average Bonchev–Trinajstić information content (AvgIpc) is 2.90. The number of carbonyl (C=O) groups is 2. The molecule has 1 aliphatic rings. The Labute approximate surface area is 141 Å². The quantitative estimate of drug-likeness (QED) is 0.487. The van der Waals surface area contributed by atoms with E-state index in [4.69, 9.17) is 9.47 Å². The van der Waals surface area contributed by atoms with Crippen LogP contribution in [0.3, 0.4) is 0 Å². The van der Waals surface area contributed by atoms with E-state index in [0.29, 0.717) is 12.3 Å². The van der Waals surface area contributed by atoms with Gasteiger partial charge in [0.1, 0.15) is 0 Å². The average molecular weight is 326 g/mol. The molecule has 0 unspecified atom stereocenters. The molecular formula is C19H34O4. The maximum absolute atomic E-state index is 12.8. The summed E-state index contributed by atoms with van der Waals surface area (Å²) in [6, 6.07) is 0. The lowest BCUT2D eigenvalue weighted by atomic mass is 9.72. The Balaban J connectivity index is 3.01. The fourth-order valence-electron chi connectivity index (χ4n) is 3.42. The van der Waals surface area contributed by atoms with Gasteiger partial charge in [0.15, 0.2) is 5.41 Å². The Morgan fingerprint density at radius 3 is 1.70 bits per heavy atom. The summed E-state index contributed by atoms with van der Waals surface area (Å²) in [4.78, 5) is 25.6. The molecule has 4 nitrogen and oxygen atoms in total. The lowest BCUT2D eigenvalue weighted by molar-refractivity contribution is -0.182. The van der Waals surface area contributed by atoms with Crippen LogP contribution < -0.4 is 0 Å². The second-order valence-corrected chi connectivity index (χ2v) is 7.72. The Morgan fingerprint density at radius 1 is 0.913 bits per heavy atom. The van der Waals surface area contributed by atoms with Crippen molar-refractivity contribution < 1.29 is 19.1 Å². The molecule has 4 heteroatoms. The maximum atomic E-state index is 12.8. The van der Waals surface area contributed by atoms with E-state index in [9.17, 15) is 9.59 Å². The van der Waals surface area contributed by atoms with Crippen LogP contribution in [-0.2, 0) is 19.1 Å². The molecule has 1 rings (SSSR count). The summed E-state index contributed by atoms with van der Waals surface area (Å²) in [5.74, 6) is -0.384. The van der Waals surface area contributed by atoms with Gasteiger partial charge in [0.2, 0.25) is 0 Å². The van der Waals surface area contributed by atoms with Gasteiger partial charge in [-0.05, 0) is 52.4 Å². The van der Waals surface area contributed by atoms with E-state index in [1.807, 2.05) is 41.5 Å². The fraction of sp³-hybridized carbons (Fsp3) is 0.895. The highest BCUT2D eigenvalue weighted by atomic mass is 16.6. The van der Waals surface area contributed by atoms with Crippen molar-refractivity contribution in [1.29, 1.82) is 0 Å². The van der Waals surface area contributed by atoms with Crippen LogP contribution in [0.15, 0.2) is 0 Å². The van der Waals surface area contributed by atoms with Crippen LogP contribution in [-0.4, -0.2) is 24.1 Å². The molecule has 0 heterocycles. The van der Waals surface area contributed by atoms with Crippen LogP contribution in [0.1, 0.15) is 80.1 Å². The molecule has 0 saturated heterocycles. The molecule has 0 aromatic rings. The molecule has 0 bridgehead atoms. The van der Waals surface area contributed by atoms with E-state index in [1.165, 1.54) is 25.7 Å². The topological polar surface area (TPSA) is 52.6 Å². The molecule has 0 aromatic heterocycles. The fourth-order valence-corrected chi connectivity index (χ4v) is 3.42. The number of hydrogen-bond acceptors (Lipinski definition) is 4. The van der Waals surface area contributed by atoms with Crippen LogP contribution in [0.2, 0.25) is 0 Å². The minimum atomic E-state index is -1.18. The summed E-state index contributed by atoms with van der Waals surface area (Å²) in [5, 5.41) is 0. The molecule has 0 aromatic carbocycles. The summed E-state index contributed by atoms with van der Waals surface area (Å²) in [7, 11) is 0. The molecule has 1 fully saturated rings. The molecule has 134 valence electrons. The number of carbonyl (C=O) groups excluding carboxylic acids is 2. The molecule has 0 atom stereocenters. The van der Waals surface area contributed by atoms with Crippen molar-refractivity contribution in [3.63, 3.8) is 0 Å². The van der Waals surface area contributed by atoms with Gasteiger partial charge in [-0.1, -0.05) is 39.5 Å². The minimum absolute atomic E-state index is 0.151. The van der Waals surface area contributed by atoms with E-state index in [-0.39, 0.29) is 18.1 Å². The van der Waals surface area contributed by atoms with Gasteiger partial charge in [0, 0.05) is 0 Å². The highest BCUT2D eigenvalue weighted by molar-refractivity contribution is 6.00. The predicted molar refractivity (Wildman–Crippen MR) is 90.9 cm³/mol. The van der Waals surface area contributed by atoms with E-state index in [0.717, 1.165) is 6.42 Å². The largest absolute Gasteiger partial charge is 0.462 e. The van der Waals surface area contributed by atoms with E-state index in [2.05, 4.69) is 0 Å². The van der Waals surface area contributed by atoms with Gasteiger partial charge in [-0.3, -0.25) is 9.59 Å². The monoisotopic (exact) mass is 326 g/mol. The summed E-state index contributed by atoms with van der Waals surface area (Å²) < 4.78 is 10.9. The first kappa shape index (κ1) is 20.0. The Kier molecular flexibility index (Phi) is 7.56. The molecule has 0 amide bonds. The highest BCUT2D eigenvalue weighted by Gasteiger charge is 2.52. The second-order valence-electron chi connectivity index (χ2n) is 7.72. The first-order valence-electron chi connectivity index (χ1n) is 9.12. The Hall–Kier alpha value is -1.06. The molecule has 1 aliphatic carbocycles. The van der Waals surface area contributed by atoms with Gasteiger partial charge in [-0.25, -0.2) is 0 Å². The Bertz CT molecular complexity index is 370. The molecule has 1 saturated carbocycles. The van der Waals surface area contributed by atoms with E-state index < -0.39 is 17.4 Å². The van der Waals surface area contributed by atoms with Crippen molar-refractivity contribution in [3.8, 4) is 0 Å². The van der Waals surface area contributed by atoms with Crippen molar-refractivity contribution in [3.05, 3.63) is 0 Å². The van der Waals surface area contributed by atoms with Crippen molar-refractivity contribution >= 4 is 11.9 Å². The van der Waals surface area contributed by atoms with Gasteiger partial charge in [-0.15, -0.1) is 0 Å². The van der Waals surface area contributed by atoms with Gasteiger partial charge < -0.3 is 9.47 Å². The Morgan fingerprint density at radius 2 is 1.35 bits per heavy atom. The van der Waals surface area contributed by atoms with E-state index in [1.54, 1.807) is 0 Å². The van der Waals surface area contributed by atoms with Crippen LogP contribution >= 0.6 is 0 Å². The third kappa shape index (κ3) is 5.22. The number of rotatable bonds is 8. The first-order chi connectivity index (χ1) is 10.7. The standard InChI is InChI=1S/C19H34O4/c1-13(2)19(17(20)22-14(3)4,18(21)23-15(5)6)12-11-16-9-7-8-10-16/h13-16H,7-12H2,1-6H3. The van der Waals surface area contributed by atoms with Gasteiger partial charge in [-0.2, -0.15) is 0 Å². The molecule has 0 spiro atoms. The summed E-state index contributed by atoms with van der Waals surface area (Å²) >= 11 is 0. The lowest BCUT2D eigenvalue weighted by Crippen LogP contribution is -2.47. The minimum Gasteiger partial charge on any atom is -0.462 e. The molecule has 0 N–H and O–H groups in total. The molecular weight excluding hydrogens is 292 g/mol. The van der Waals surface area contributed by atoms with Crippen molar-refractivity contribution in [2.75, 3.05) is 0 Å². The third-order valence-electron chi connectivity index (χ3n) is 4.82. The third-order valence-corrected chi connectivity index (χ3v) is 4.82. The number of esters is 2. The number of hydrogen-bond donors (Lipinski definition) is 0. The van der Waals surface area contributed by atoms with Crippen LogP contribution in [0.5, 0.6) is 0 Å². The molecule has 23 heavy (non-hydrogen) atoms. The normalized spacial score (nSPS) is 16.4. The zero-order valence-corrected chi connectivity index (χ0v) is 15.7. The van der Waals surface area contributed by atoms with Crippen molar-refractivity contribution in [2.45, 2.75) is 92.3 Å². The van der Waals surface area contributed by atoms with Gasteiger partial charge in [0.25, 0.3) is 0 Å². The summed E-state index contributed by atoms with van der Waals surface area (Å²) in [6.07, 6.45) is 5.85. The van der Waals surface area contributed by atoms with E-state index >= 15 is 0 Å². The van der Waals surface area contributed by atoms with Crippen molar-refractivity contribution in [2.24, 2.45) is 17.3 Å². The smallest absolute Gasteiger partial charge is 0.324 e. The summed E-state index contributed by atoms with van der Waals surface area (Å²) in [6.45, 7) is 11.1. The van der Waals surface area contributed by atoms with Crippen LogP contribution in [0, 0.1) is 17.3 Å². The summed E-state index contributed by atoms with van der Waals surface area (Å²) in [5.41, 5.74) is -1.18. The lowest BCUT2D eigenvalue weighted by Gasteiger charge is -2.35. The zero-order valence-electron chi connectivity index (χ0n) is 15.7. The van der Waals surface area contributed by atoms with Gasteiger partial charge in [0.05, 0.1) is 12.2 Å². The molecule has 0 aliphatic heterocycles. The maximum Gasteiger partial charge on any atom is 0.324 e. The first-order valence-corrected chi connectivity index (χ1v) is 9.12. The van der Waals surface area contributed by atoms with Crippen LogP contribution in [0.25, 0.3) is 0 Å². The number of ether oxygens (including phenoxy) is 2. The van der Waals surface area contributed by atoms with Crippen LogP contribution in [0.4, 0.5) is 0 Å². The van der Waals surface area contributed by atoms with Crippen molar-refractivity contribution in [1.82, 2.24) is 0 Å².